The van der Waals surface area contributed by atoms with E-state index >= 15 is 0 Å². The molecule has 7 heteroatoms. The summed E-state index contributed by atoms with van der Waals surface area (Å²) in [5.41, 5.74) is 3.36. The lowest BCUT2D eigenvalue weighted by Crippen LogP contribution is -2.41. The number of carbonyl (C=O) groups is 1. The van der Waals surface area contributed by atoms with Gasteiger partial charge in [0.15, 0.2) is 0 Å². The molecule has 0 atom stereocenters. The Morgan fingerprint density at radius 1 is 1.14 bits per heavy atom. The number of halogens is 1. The number of ether oxygens (including phenoxy) is 1. The Kier molecular flexibility index (Phi) is 5.76. The molecule has 0 saturated carbocycles. The van der Waals surface area contributed by atoms with Crippen LogP contribution in [0, 0.1) is 5.82 Å². The highest BCUT2D eigenvalue weighted by atomic mass is 32.1. The van der Waals surface area contributed by atoms with Crippen LogP contribution < -0.4 is 5.32 Å². The largest absolute Gasteiger partial charge is 0.379 e. The van der Waals surface area contributed by atoms with Gasteiger partial charge in [-0.2, -0.15) is 0 Å². The van der Waals surface area contributed by atoms with Crippen LogP contribution in [-0.4, -0.2) is 48.6 Å². The van der Waals surface area contributed by atoms with Crippen LogP contribution in [0.15, 0.2) is 53.9 Å². The van der Waals surface area contributed by atoms with Gasteiger partial charge >= 0.3 is 0 Å². The number of nitrogens with zero attached hydrogens (tertiary/aromatic N) is 2. The molecule has 3 aromatic rings. The summed E-state index contributed by atoms with van der Waals surface area (Å²) in [5.74, 6) is -0.301. The fourth-order valence-electron chi connectivity index (χ4n) is 3.05. The van der Waals surface area contributed by atoms with Gasteiger partial charge in [0.2, 0.25) is 5.91 Å². The minimum atomic E-state index is -0.264. The maximum atomic E-state index is 13.1. The standard InChI is InChI=1S/C21H20FN3O2S/c22-17-6-4-15(5-7-17)19-14-28-21(24-19)16-2-1-3-18(12-16)23-20(26)13-25-8-10-27-11-9-25/h1-7,12,14H,8-11,13H2,(H,23,26). The van der Waals surface area contributed by atoms with Gasteiger partial charge in [-0.15, -0.1) is 11.3 Å². The van der Waals surface area contributed by atoms with Crippen LogP contribution in [0.3, 0.4) is 0 Å². The lowest BCUT2D eigenvalue weighted by molar-refractivity contribution is -0.118. The summed E-state index contributed by atoms with van der Waals surface area (Å²) in [4.78, 5) is 19.0. The van der Waals surface area contributed by atoms with Crippen molar-refractivity contribution in [3.8, 4) is 21.8 Å². The Bertz CT molecular complexity index is 952. The smallest absolute Gasteiger partial charge is 0.238 e. The Hall–Kier alpha value is -2.61. The Morgan fingerprint density at radius 2 is 1.93 bits per heavy atom. The normalized spacial score (nSPS) is 14.8. The summed E-state index contributed by atoms with van der Waals surface area (Å²) in [6.45, 7) is 3.25. The number of benzene rings is 2. The highest BCUT2D eigenvalue weighted by Crippen LogP contribution is 2.30. The summed E-state index contributed by atoms with van der Waals surface area (Å²) < 4.78 is 18.4. The molecule has 0 spiro atoms. The molecule has 144 valence electrons. The molecule has 1 aromatic heterocycles. The van der Waals surface area contributed by atoms with Crippen LogP contribution in [0.25, 0.3) is 21.8 Å². The molecule has 1 fully saturated rings. The molecular weight excluding hydrogens is 377 g/mol. The number of aromatic nitrogens is 1. The van der Waals surface area contributed by atoms with Gasteiger partial charge in [0.25, 0.3) is 0 Å². The quantitative estimate of drug-likeness (QED) is 0.710. The molecule has 1 N–H and O–H groups in total. The Balaban J connectivity index is 1.45. The Labute approximate surface area is 166 Å². The monoisotopic (exact) mass is 397 g/mol. The zero-order chi connectivity index (χ0) is 19.3. The number of thiazole rings is 1. The predicted octanol–water partition coefficient (Wildman–Crippen LogP) is 3.89. The molecule has 1 amide bonds. The highest BCUT2D eigenvalue weighted by Gasteiger charge is 2.14. The van der Waals surface area contributed by atoms with Gasteiger partial charge < -0.3 is 10.1 Å². The molecule has 5 nitrogen and oxygen atoms in total. The van der Waals surface area contributed by atoms with Gasteiger partial charge in [-0.3, -0.25) is 9.69 Å². The Morgan fingerprint density at radius 3 is 2.71 bits per heavy atom. The van der Waals surface area contributed by atoms with Crippen molar-refractivity contribution in [2.45, 2.75) is 0 Å². The van der Waals surface area contributed by atoms with Crippen molar-refractivity contribution < 1.29 is 13.9 Å². The van der Waals surface area contributed by atoms with Gasteiger partial charge in [-0.05, 0) is 36.4 Å². The first-order valence-electron chi connectivity index (χ1n) is 9.09. The third kappa shape index (κ3) is 4.62. The average Bonchev–Trinajstić information content (AvgIpc) is 3.20. The molecule has 4 rings (SSSR count). The van der Waals surface area contributed by atoms with Crippen LogP contribution in [0.4, 0.5) is 10.1 Å². The first kappa shape index (κ1) is 18.7. The van der Waals surface area contributed by atoms with E-state index in [1.165, 1.54) is 23.5 Å². The molecule has 0 aliphatic carbocycles. The second-order valence-electron chi connectivity index (χ2n) is 6.56. The third-order valence-electron chi connectivity index (χ3n) is 4.51. The molecule has 0 unspecified atom stereocenters. The number of morpholine rings is 1. The number of anilines is 1. The summed E-state index contributed by atoms with van der Waals surface area (Å²) in [7, 11) is 0. The fourth-order valence-corrected chi connectivity index (χ4v) is 3.88. The van der Waals surface area contributed by atoms with Crippen molar-refractivity contribution >= 4 is 22.9 Å². The molecule has 1 aliphatic heterocycles. The third-order valence-corrected chi connectivity index (χ3v) is 5.40. The van der Waals surface area contributed by atoms with Crippen molar-refractivity contribution in [3.63, 3.8) is 0 Å². The van der Waals surface area contributed by atoms with Crippen LogP contribution >= 0.6 is 11.3 Å². The van der Waals surface area contributed by atoms with Crippen molar-refractivity contribution in [3.05, 3.63) is 59.7 Å². The second kappa shape index (κ2) is 8.60. The predicted molar refractivity (Wildman–Crippen MR) is 109 cm³/mol. The van der Waals surface area contributed by atoms with Crippen LogP contribution in [0.2, 0.25) is 0 Å². The first-order valence-corrected chi connectivity index (χ1v) is 9.97. The number of hydrogen-bond donors (Lipinski definition) is 1. The molecule has 0 radical (unpaired) electrons. The van der Waals surface area contributed by atoms with E-state index in [-0.39, 0.29) is 11.7 Å². The van der Waals surface area contributed by atoms with Gasteiger partial charge in [0.1, 0.15) is 10.8 Å². The van der Waals surface area contributed by atoms with Crippen molar-refractivity contribution in [1.82, 2.24) is 9.88 Å². The SMILES string of the molecule is O=C(CN1CCOCC1)Nc1cccc(-c2nc(-c3ccc(F)cc3)cs2)c1. The van der Waals surface area contributed by atoms with E-state index in [1.807, 2.05) is 29.6 Å². The molecule has 28 heavy (non-hydrogen) atoms. The summed E-state index contributed by atoms with van der Waals surface area (Å²) in [6, 6.07) is 14.0. The number of rotatable bonds is 5. The maximum Gasteiger partial charge on any atom is 0.238 e. The second-order valence-corrected chi connectivity index (χ2v) is 7.42. The van der Waals surface area contributed by atoms with E-state index in [0.29, 0.717) is 19.8 Å². The molecule has 1 saturated heterocycles. The van der Waals surface area contributed by atoms with E-state index < -0.39 is 0 Å². The van der Waals surface area contributed by atoms with Crippen molar-refractivity contribution in [2.75, 3.05) is 38.2 Å². The number of amides is 1. The van der Waals surface area contributed by atoms with Crippen molar-refractivity contribution in [2.24, 2.45) is 0 Å². The van der Waals surface area contributed by atoms with E-state index in [2.05, 4.69) is 15.2 Å². The molecular formula is C21H20FN3O2S. The van der Waals surface area contributed by atoms with Gasteiger partial charge in [0.05, 0.1) is 25.5 Å². The highest BCUT2D eigenvalue weighted by molar-refractivity contribution is 7.13. The lowest BCUT2D eigenvalue weighted by atomic mass is 10.1. The molecule has 2 aromatic carbocycles. The topological polar surface area (TPSA) is 54.5 Å². The maximum absolute atomic E-state index is 13.1. The number of nitrogens with one attached hydrogen (secondary N) is 1. The van der Waals surface area contributed by atoms with Gasteiger partial charge in [-0.25, -0.2) is 9.37 Å². The van der Waals surface area contributed by atoms with Gasteiger partial charge in [0, 0.05) is 35.3 Å². The zero-order valence-corrected chi connectivity index (χ0v) is 16.0. The van der Waals surface area contributed by atoms with Crippen LogP contribution in [-0.2, 0) is 9.53 Å². The molecule has 2 heterocycles. The minimum absolute atomic E-state index is 0.0369. The van der Waals surface area contributed by atoms with Crippen LogP contribution in [0.5, 0.6) is 0 Å². The fraction of sp³-hybridized carbons (Fsp3) is 0.238. The van der Waals surface area contributed by atoms with Gasteiger partial charge in [-0.1, -0.05) is 12.1 Å². The number of hydrogen-bond acceptors (Lipinski definition) is 5. The first-order chi connectivity index (χ1) is 13.7. The summed E-state index contributed by atoms with van der Waals surface area (Å²) in [5, 5.41) is 5.76. The minimum Gasteiger partial charge on any atom is -0.379 e. The number of carbonyl (C=O) groups excluding carboxylic acids is 1. The van der Waals surface area contributed by atoms with E-state index in [0.717, 1.165) is 40.6 Å². The summed E-state index contributed by atoms with van der Waals surface area (Å²) in [6.07, 6.45) is 0. The van der Waals surface area contributed by atoms with E-state index in [4.69, 9.17) is 4.74 Å². The van der Waals surface area contributed by atoms with E-state index in [1.54, 1.807) is 12.1 Å². The molecule has 1 aliphatic rings. The molecule has 0 bridgehead atoms. The zero-order valence-electron chi connectivity index (χ0n) is 15.2. The average molecular weight is 397 g/mol. The lowest BCUT2D eigenvalue weighted by Gasteiger charge is -2.25. The van der Waals surface area contributed by atoms with Crippen LogP contribution in [0.1, 0.15) is 0 Å². The van der Waals surface area contributed by atoms with E-state index in [9.17, 15) is 9.18 Å². The summed E-state index contributed by atoms with van der Waals surface area (Å²) >= 11 is 1.52. The van der Waals surface area contributed by atoms with Crippen molar-refractivity contribution in [1.29, 1.82) is 0 Å².